The van der Waals surface area contributed by atoms with Crippen LogP contribution in [0.15, 0.2) is 84.0 Å². The minimum Gasteiger partial charge on any atom is -0.270 e. The van der Waals surface area contributed by atoms with Crippen LogP contribution >= 0.6 is 11.8 Å². The van der Waals surface area contributed by atoms with Crippen molar-refractivity contribution in [3.8, 4) is 17.1 Å². The number of benzene rings is 3. The minimum absolute atomic E-state index is 0.0426. The van der Waals surface area contributed by atoms with Crippen LogP contribution in [0.1, 0.15) is 11.1 Å². The van der Waals surface area contributed by atoms with Gasteiger partial charge in [-0.05, 0) is 35.9 Å². The van der Waals surface area contributed by atoms with Crippen molar-refractivity contribution in [3.63, 3.8) is 0 Å². The van der Waals surface area contributed by atoms with Gasteiger partial charge < -0.3 is 0 Å². The Labute approximate surface area is 184 Å². The van der Waals surface area contributed by atoms with Crippen LogP contribution in [0, 0.1) is 10.1 Å². The normalized spacial score (nSPS) is 11.5. The number of halogens is 3. The number of thioether (sulfide) groups is 1. The first kappa shape index (κ1) is 21.6. The van der Waals surface area contributed by atoms with E-state index in [1.165, 1.54) is 24.3 Å². The highest BCUT2D eigenvalue weighted by atomic mass is 32.2. The molecule has 4 aromatic rings. The Hall–Kier alpha value is -3.66. The summed E-state index contributed by atoms with van der Waals surface area (Å²) < 4.78 is 41.8. The van der Waals surface area contributed by atoms with Crippen LogP contribution < -0.4 is 0 Å². The summed E-state index contributed by atoms with van der Waals surface area (Å²) in [6, 6.07) is 20.4. The second-order valence-corrected chi connectivity index (χ2v) is 7.67. The molecule has 0 unspecified atom stereocenters. The second-order valence-electron chi connectivity index (χ2n) is 6.72. The van der Waals surface area contributed by atoms with Crippen LogP contribution in [0.2, 0.25) is 0 Å². The average Bonchev–Trinajstić information content (AvgIpc) is 3.22. The quantitative estimate of drug-likeness (QED) is 0.198. The van der Waals surface area contributed by atoms with E-state index >= 15 is 0 Å². The molecule has 10 heteroatoms. The van der Waals surface area contributed by atoms with E-state index in [0.29, 0.717) is 16.5 Å². The molecule has 0 aliphatic rings. The smallest absolute Gasteiger partial charge is 0.270 e. The van der Waals surface area contributed by atoms with Crippen molar-refractivity contribution in [2.75, 3.05) is 0 Å². The van der Waals surface area contributed by atoms with Gasteiger partial charge in [0.05, 0.1) is 10.5 Å². The van der Waals surface area contributed by atoms with Crippen LogP contribution in [0.5, 0.6) is 0 Å². The molecule has 0 aliphatic heterocycles. The summed E-state index contributed by atoms with van der Waals surface area (Å²) in [5.41, 5.74) is 0.711. The zero-order chi connectivity index (χ0) is 22.7. The van der Waals surface area contributed by atoms with Crippen LogP contribution in [-0.4, -0.2) is 19.7 Å². The van der Waals surface area contributed by atoms with Crippen molar-refractivity contribution in [1.29, 1.82) is 0 Å². The summed E-state index contributed by atoms with van der Waals surface area (Å²) in [5.74, 6) is 0.471. The van der Waals surface area contributed by atoms with E-state index in [1.807, 2.05) is 30.3 Å². The Morgan fingerprint density at radius 2 is 1.56 bits per heavy atom. The summed E-state index contributed by atoms with van der Waals surface area (Å²) in [7, 11) is 0. The lowest BCUT2D eigenvalue weighted by atomic mass is 10.1. The third-order valence-electron chi connectivity index (χ3n) is 4.66. The maximum absolute atomic E-state index is 13.3. The lowest BCUT2D eigenvalue weighted by Crippen LogP contribution is -2.08. The van der Waals surface area contributed by atoms with E-state index in [1.54, 1.807) is 22.8 Å². The van der Waals surface area contributed by atoms with Crippen LogP contribution in [0.4, 0.5) is 18.9 Å². The van der Waals surface area contributed by atoms with Crippen molar-refractivity contribution in [1.82, 2.24) is 14.8 Å². The Kier molecular flexibility index (Phi) is 5.95. The Morgan fingerprint density at radius 1 is 0.906 bits per heavy atom. The lowest BCUT2D eigenvalue weighted by molar-refractivity contribution is -0.384. The molecule has 0 saturated heterocycles. The fraction of sp³-hybridized carbons (Fsp3) is 0.0909. The molecule has 0 amide bonds. The van der Waals surface area contributed by atoms with E-state index in [0.717, 1.165) is 23.5 Å². The Bertz CT molecular complexity index is 1240. The summed E-state index contributed by atoms with van der Waals surface area (Å²) in [5, 5.41) is 19.8. The van der Waals surface area contributed by atoms with Crippen molar-refractivity contribution in [3.05, 3.63) is 100 Å². The molecule has 6 nitrogen and oxygen atoms in total. The predicted molar refractivity (Wildman–Crippen MR) is 114 cm³/mol. The average molecular weight is 456 g/mol. The molecular weight excluding hydrogens is 441 g/mol. The molecule has 162 valence electrons. The molecule has 0 N–H and O–H groups in total. The molecule has 0 fully saturated rings. The van der Waals surface area contributed by atoms with E-state index < -0.39 is 16.7 Å². The maximum atomic E-state index is 13.3. The third kappa shape index (κ3) is 4.50. The van der Waals surface area contributed by atoms with Crippen molar-refractivity contribution >= 4 is 17.4 Å². The van der Waals surface area contributed by atoms with Gasteiger partial charge in [-0.1, -0.05) is 48.2 Å². The minimum atomic E-state index is -4.45. The van der Waals surface area contributed by atoms with Gasteiger partial charge in [0.15, 0.2) is 11.0 Å². The lowest BCUT2D eigenvalue weighted by Gasteiger charge is -2.13. The molecule has 0 radical (unpaired) electrons. The molecular formula is C22H15F3N4O2S. The van der Waals surface area contributed by atoms with E-state index in [9.17, 15) is 23.3 Å². The van der Waals surface area contributed by atoms with Gasteiger partial charge in [-0.3, -0.25) is 14.7 Å². The molecule has 0 aliphatic carbocycles. The molecule has 1 heterocycles. The first-order chi connectivity index (χ1) is 15.3. The fourth-order valence-corrected chi connectivity index (χ4v) is 4.11. The third-order valence-corrected chi connectivity index (χ3v) is 5.64. The molecule has 0 atom stereocenters. The summed E-state index contributed by atoms with van der Waals surface area (Å²) in [6.07, 6.45) is -4.45. The maximum Gasteiger partial charge on any atom is 0.416 e. The summed E-state index contributed by atoms with van der Waals surface area (Å²) >= 11 is 1.13. The number of alkyl halides is 3. The number of aromatic nitrogens is 3. The van der Waals surface area contributed by atoms with Gasteiger partial charge in [-0.25, -0.2) is 0 Å². The van der Waals surface area contributed by atoms with Crippen molar-refractivity contribution in [2.45, 2.75) is 17.1 Å². The van der Waals surface area contributed by atoms with Crippen LogP contribution in [-0.2, 0) is 11.9 Å². The number of nitrogens with zero attached hydrogens (tertiary/aromatic N) is 4. The highest BCUT2D eigenvalue weighted by Crippen LogP contribution is 2.36. The topological polar surface area (TPSA) is 73.8 Å². The molecule has 32 heavy (non-hydrogen) atoms. The Balaban J connectivity index is 1.72. The fourth-order valence-electron chi connectivity index (χ4n) is 3.16. The van der Waals surface area contributed by atoms with E-state index in [-0.39, 0.29) is 17.0 Å². The zero-order valence-corrected chi connectivity index (χ0v) is 17.2. The number of nitro groups is 1. The summed E-state index contributed by atoms with van der Waals surface area (Å²) in [6.45, 7) is 0. The molecule has 0 bridgehead atoms. The number of rotatable bonds is 6. The second kappa shape index (κ2) is 8.83. The number of para-hydroxylation sites is 1. The first-order valence-corrected chi connectivity index (χ1v) is 10.4. The molecule has 3 aromatic carbocycles. The number of nitro benzene ring substituents is 1. The SMILES string of the molecule is O=[N+]([O-])c1ccc(-c2nnc(SCc3ccccc3C(F)(F)F)n2-c2ccccc2)cc1. The first-order valence-electron chi connectivity index (χ1n) is 9.38. The standard InChI is InChI=1S/C22H15F3N4O2S/c23-22(24,25)19-9-5-4-6-16(19)14-32-21-27-26-20(28(21)17-7-2-1-3-8-17)15-10-12-18(13-11-15)29(30)31/h1-13H,14H2. The number of hydrogen-bond acceptors (Lipinski definition) is 5. The monoisotopic (exact) mass is 456 g/mol. The van der Waals surface area contributed by atoms with Crippen LogP contribution in [0.3, 0.4) is 0 Å². The van der Waals surface area contributed by atoms with Crippen molar-refractivity contribution in [2.24, 2.45) is 0 Å². The highest BCUT2D eigenvalue weighted by Gasteiger charge is 2.33. The van der Waals surface area contributed by atoms with Gasteiger partial charge in [0.25, 0.3) is 5.69 Å². The van der Waals surface area contributed by atoms with E-state index in [4.69, 9.17) is 0 Å². The molecule has 1 aromatic heterocycles. The van der Waals surface area contributed by atoms with E-state index in [2.05, 4.69) is 10.2 Å². The molecule has 0 spiro atoms. The Morgan fingerprint density at radius 3 is 2.22 bits per heavy atom. The summed E-state index contributed by atoms with van der Waals surface area (Å²) in [4.78, 5) is 10.5. The zero-order valence-electron chi connectivity index (χ0n) is 16.4. The van der Waals surface area contributed by atoms with Gasteiger partial charge in [-0.2, -0.15) is 13.2 Å². The molecule has 0 saturated carbocycles. The number of hydrogen-bond donors (Lipinski definition) is 0. The largest absolute Gasteiger partial charge is 0.416 e. The highest BCUT2D eigenvalue weighted by molar-refractivity contribution is 7.98. The molecule has 4 rings (SSSR count). The van der Waals surface area contributed by atoms with Crippen molar-refractivity contribution < 1.29 is 18.1 Å². The van der Waals surface area contributed by atoms with Gasteiger partial charge in [0, 0.05) is 29.1 Å². The predicted octanol–water partition coefficient (Wildman–Crippen LogP) is 6.15. The van der Waals surface area contributed by atoms with Gasteiger partial charge >= 0.3 is 6.18 Å². The number of non-ortho nitro benzene ring substituents is 1. The van der Waals surface area contributed by atoms with Gasteiger partial charge in [-0.15, -0.1) is 10.2 Å². The van der Waals surface area contributed by atoms with Crippen LogP contribution in [0.25, 0.3) is 17.1 Å². The van der Waals surface area contributed by atoms with Gasteiger partial charge in [0.1, 0.15) is 0 Å². The van der Waals surface area contributed by atoms with Gasteiger partial charge in [0.2, 0.25) is 0 Å².